The van der Waals surface area contributed by atoms with Crippen LogP contribution in [0.3, 0.4) is 0 Å². The first-order chi connectivity index (χ1) is 9.78. The lowest BCUT2D eigenvalue weighted by molar-refractivity contribution is -0.133. The monoisotopic (exact) mass is 266 g/mol. The van der Waals surface area contributed by atoms with Crippen LogP contribution in [-0.4, -0.2) is 13.1 Å². The molecule has 3 heteroatoms. The Hall–Kier alpha value is -2.73. The number of esters is 1. The Bertz CT molecular complexity index is 619. The molecule has 2 aromatic carbocycles. The molecule has 2 rings (SSSR count). The minimum absolute atomic E-state index is 0.522. The van der Waals surface area contributed by atoms with Crippen molar-refractivity contribution in [2.75, 3.05) is 7.11 Å². The van der Waals surface area contributed by atoms with Crippen molar-refractivity contribution in [2.45, 2.75) is 6.61 Å². The summed E-state index contributed by atoms with van der Waals surface area (Å²) in [5, 5.41) is 0. The van der Waals surface area contributed by atoms with E-state index in [0.717, 1.165) is 16.9 Å². The summed E-state index contributed by atoms with van der Waals surface area (Å²) in [6, 6.07) is 17.2. The van der Waals surface area contributed by atoms with Gasteiger partial charge in [-0.3, -0.25) is 0 Å². The van der Waals surface area contributed by atoms with Gasteiger partial charge in [0.15, 0.2) is 0 Å². The Morgan fingerprint density at radius 3 is 2.40 bits per heavy atom. The summed E-state index contributed by atoms with van der Waals surface area (Å²) < 4.78 is 10.1. The van der Waals surface area contributed by atoms with Gasteiger partial charge in [0, 0.05) is 11.5 Å². The first-order valence-corrected chi connectivity index (χ1v) is 6.14. The molecule has 0 bridgehead atoms. The Kier molecular flexibility index (Phi) is 4.80. The average Bonchev–Trinajstić information content (AvgIpc) is 2.52. The summed E-state index contributed by atoms with van der Waals surface area (Å²) >= 11 is 0. The first kappa shape index (κ1) is 13.7. The number of benzene rings is 2. The van der Waals surface area contributed by atoms with E-state index in [4.69, 9.17) is 4.74 Å². The van der Waals surface area contributed by atoms with E-state index < -0.39 is 5.97 Å². The fourth-order valence-corrected chi connectivity index (χ4v) is 1.55. The van der Waals surface area contributed by atoms with Crippen LogP contribution < -0.4 is 4.74 Å². The lowest BCUT2D eigenvalue weighted by atomic mass is 10.2. The lowest BCUT2D eigenvalue weighted by Gasteiger charge is -2.05. The smallest absolute Gasteiger partial charge is 0.384 e. The first-order valence-electron chi connectivity index (χ1n) is 6.14. The molecule has 100 valence electrons. The molecule has 20 heavy (non-hydrogen) atoms. The van der Waals surface area contributed by atoms with Crippen LogP contribution in [0.15, 0.2) is 54.6 Å². The number of methoxy groups -OCH3 is 1. The lowest BCUT2D eigenvalue weighted by Crippen LogP contribution is -1.95. The van der Waals surface area contributed by atoms with Crippen LogP contribution >= 0.6 is 0 Å². The molecule has 0 atom stereocenters. The molecule has 0 unspecified atom stereocenters. The largest absolute Gasteiger partial charge is 0.489 e. The van der Waals surface area contributed by atoms with E-state index in [1.165, 1.54) is 7.11 Å². The molecule has 0 saturated carbocycles. The van der Waals surface area contributed by atoms with Crippen LogP contribution in [0.1, 0.15) is 11.1 Å². The van der Waals surface area contributed by atoms with Gasteiger partial charge in [-0.2, -0.15) is 0 Å². The standard InChI is InChI=1S/C17H14O3/c1-19-17(18)12-9-14-7-10-16(11-8-14)20-13-15-5-3-2-4-6-15/h2-8,10-11H,13H2,1H3. The van der Waals surface area contributed by atoms with Gasteiger partial charge < -0.3 is 9.47 Å². The number of ether oxygens (including phenoxy) is 2. The molecule has 0 N–H and O–H groups in total. The van der Waals surface area contributed by atoms with Gasteiger partial charge >= 0.3 is 5.97 Å². The number of carbonyl (C=O) groups excluding carboxylic acids is 1. The summed E-state index contributed by atoms with van der Waals surface area (Å²) in [7, 11) is 1.30. The molecule has 0 fully saturated rings. The van der Waals surface area contributed by atoms with Crippen LogP contribution in [0.25, 0.3) is 0 Å². The Balaban J connectivity index is 1.94. The number of rotatable bonds is 3. The van der Waals surface area contributed by atoms with Crippen molar-refractivity contribution in [3.8, 4) is 17.6 Å². The molecule has 0 aliphatic heterocycles. The summed E-state index contributed by atoms with van der Waals surface area (Å²) in [6.07, 6.45) is 0. The average molecular weight is 266 g/mol. The highest BCUT2D eigenvalue weighted by Crippen LogP contribution is 2.13. The van der Waals surface area contributed by atoms with Crippen molar-refractivity contribution in [1.82, 2.24) is 0 Å². The second-order valence-corrected chi connectivity index (χ2v) is 4.04. The second kappa shape index (κ2) is 7.01. The predicted octanol–water partition coefficient (Wildman–Crippen LogP) is 2.79. The molecule has 0 radical (unpaired) electrons. The van der Waals surface area contributed by atoms with Crippen LogP contribution in [0.4, 0.5) is 0 Å². The van der Waals surface area contributed by atoms with Crippen LogP contribution in [0.2, 0.25) is 0 Å². The predicted molar refractivity (Wildman–Crippen MR) is 76.1 cm³/mol. The van der Waals surface area contributed by atoms with Gasteiger partial charge in [-0.15, -0.1) is 0 Å². The van der Waals surface area contributed by atoms with E-state index in [2.05, 4.69) is 16.6 Å². The SMILES string of the molecule is COC(=O)C#Cc1ccc(OCc2ccccc2)cc1. The fraction of sp³-hybridized carbons (Fsp3) is 0.118. The second-order valence-electron chi connectivity index (χ2n) is 4.04. The van der Waals surface area contributed by atoms with Crippen molar-refractivity contribution >= 4 is 5.97 Å². The molecule has 0 aromatic heterocycles. The minimum atomic E-state index is -0.547. The summed E-state index contributed by atoms with van der Waals surface area (Å²) in [6.45, 7) is 0.522. The molecule has 0 amide bonds. The maximum atomic E-state index is 10.9. The highest BCUT2D eigenvalue weighted by atomic mass is 16.5. The molecule has 3 nitrogen and oxygen atoms in total. The van der Waals surface area contributed by atoms with E-state index in [1.54, 1.807) is 12.1 Å². The molecule has 0 saturated heterocycles. The van der Waals surface area contributed by atoms with E-state index in [0.29, 0.717) is 6.61 Å². The Morgan fingerprint density at radius 2 is 1.75 bits per heavy atom. The summed E-state index contributed by atoms with van der Waals surface area (Å²) in [5.74, 6) is 5.30. The molecule has 0 aliphatic carbocycles. The molecular formula is C17H14O3. The molecular weight excluding hydrogens is 252 g/mol. The van der Waals surface area contributed by atoms with Crippen molar-refractivity contribution < 1.29 is 14.3 Å². The third kappa shape index (κ3) is 4.18. The van der Waals surface area contributed by atoms with Gasteiger partial charge in [-0.1, -0.05) is 36.3 Å². The van der Waals surface area contributed by atoms with Gasteiger partial charge in [-0.25, -0.2) is 4.79 Å². The van der Waals surface area contributed by atoms with Gasteiger partial charge in [0.2, 0.25) is 0 Å². The fourth-order valence-electron chi connectivity index (χ4n) is 1.55. The van der Waals surface area contributed by atoms with Gasteiger partial charge in [0.05, 0.1) is 7.11 Å². The highest BCUT2D eigenvalue weighted by molar-refractivity contribution is 5.88. The zero-order valence-corrected chi connectivity index (χ0v) is 11.1. The number of hydrogen-bond donors (Lipinski definition) is 0. The van der Waals surface area contributed by atoms with Gasteiger partial charge in [0.25, 0.3) is 0 Å². The third-order valence-electron chi connectivity index (χ3n) is 2.60. The Morgan fingerprint density at radius 1 is 1.05 bits per heavy atom. The summed E-state index contributed by atoms with van der Waals surface area (Å²) in [4.78, 5) is 10.9. The molecule has 0 aliphatic rings. The van der Waals surface area contributed by atoms with E-state index in [-0.39, 0.29) is 0 Å². The van der Waals surface area contributed by atoms with Gasteiger partial charge in [0.1, 0.15) is 12.4 Å². The van der Waals surface area contributed by atoms with Crippen molar-refractivity contribution in [2.24, 2.45) is 0 Å². The normalized spacial score (nSPS) is 9.25. The highest BCUT2D eigenvalue weighted by Gasteiger charge is 1.96. The van der Waals surface area contributed by atoms with Crippen LogP contribution in [0.5, 0.6) is 5.75 Å². The van der Waals surface area contributed by atoms with Crippen molar-refractivity contribution in [3.63, 3.8) is 0 Å². The van der Waals surface area contributed by atoms with E-state index in [9.17, 15) is 4.79 Å². The van der Waals surface area contributed by atoms with Gasteiger partial charge in [-0.05, 0) is 29.8 Å². The maximum Gasteiger partial charge on any atom is 0.384 e. The van der Waals surface area contributed by atoms with Crippen molar-refractivity contribution in [1.29, 1.82) is 0 Å². The van der Waals surface area contributed by atoms with E-state index in [1.807, 2.05) is 42.5 Å². The molecule has 2 aromatic rings. The quantitative estimate of drug-likeness (QED) is 0.633. The zero-order valence-electron chi connectivity index (χ0n) is 11.1. The topological polar surface area (TPSA) is 35.5 Å². The Labute approximate surface area is 118 Å². The van der Waals surface area contributed by atoms with Crippen LogP contribution in [-0.2, 0) is 16.1 Å². The van der Waals surface area contributed by atoms with Crippen LogP contribution in [0, 0.1) is 11.8 Å². The number of hydrogen-bond acceptors (Lipinski definition) is 3. The summed E-state index contributed by atoms with van der Waals surface area (Å²) in [5.41, 5.74) is 1.85. The minimum Gasteiger partial charge on any atom is -0.489 e. The molecule has 0 spiro atoms. The zero-order chi connectivity index (χ0) is 14.2. The number of carbonyl (C=O) groups is 1. The maximum absolute atomic E-state index is 10.9. The van der Waals surface area contributed by atoms with E-state index >= 15 is 0 Å². The third-order valence-corrected chi connectivity index (χ3v) is 2.60. The van der Waals surface area contributed by atoms with Crippen molar-refractivity contribution in [3.05, 3.63) is 65.7 Å². The molecule has 0 heterocycles.